The van der Waals surface area contributed by atoms with Crippen molar-refractivity contribution in [1.82, 2.24) is 10.3 Å². The van der Waals surface area contributed by atoms with Crippen LogP contribution < -0.4 is 20.7 Å². The molecule has 1 amide bonds. The second-order valence-electron chi connectivity index (χ2n) is 10.1. The minimum atomic E-state index is -2.57. The number of rotatable bonds is 3. The second-order valence-corrected chi connectivity index (χ2v) is 11.1. The molecule has 6 nitrogen and oxygen atoms in total. The van der Waals surface area contributed by atoms with Crippen molar-refractivity contribution in [3.63, 3.8) is 0 Å². The zero-order valence-corrected chi connectivity index (χ0v) is 20.3. The number of aryl methyl sites for hydroxylation is 1. The van der Waals surface area contributed by atoms with E-state index in [-0.39, 0.29) is 24.3 Å². The van der Waals surface area contributed by atoms with E-state index < -0.39 is 11.8 Å². The van der Waals surface area contributed by atoms with Gasteiger partial charge in [0.2, 0.25) is 0 Å². The summed E-state index contributed by atoms with van der Waals surface area (Å²) in [5.41, 5.74) is 9.49. The predicted molar refractivity (Wildman–Crippen MR) is 134 cm³/mol. The van der Waals surface area contributed by atoms with Gasteiger partial charge in [0, 0.05) is 48.3 Å². The van der Waals surface area contributed by atoms with Gasteiger partial charge in [0.25, 0.3) is 11.8 Å². The molecule has 2 fully saturated rings. The molecule has 1 aliphatic carbocycles. The molecule has 4 heterocycles. The van der Waals surface area contributed by atoms with Crippen LogP contribution in [-0.4, -0.2) is 42.6 Å². The van der Waals surface area contributed by atoms with Crippen LogP contribution in [0.1, 0.15) is 40.2 Å². The molecule has 2 aliphatic heterocycles. The third-order valence-corrected chi connectivity index (χ3v) is 8.78. The lowest BCUT2D eigenvalue weighted by molar-refractivity contribution is -0.0930. The number of hydrogen-bond acceptors (Lipinski definition) is 6. The number of halogens is 2. The summed E-state index contributed by atoms with van der Waals surface area (Å²) in [5, 5.41) is 3.84. The minimum absolute atomic E-state index is 0.00567. The number of amides is 1. The van der Waals surface area contributed by atoms with Crippen molar-refractivity contribution in [1.29, 1.82) is 0 Å². The van der Waals surface area contributed by atoms with E-state index in [1.807, 2.05) is 37.3 Å². The molecule has 0 bridgehead atoms. The largest absolute Gasteiger partial charge is 0.491 e. The first-order valence-corrected chi connectivity index (χ1v) is 12.9. The van der Waals surface area contributed by atoms with Gasteiger partial charge in [-0.2, -0.15) is 0 Å². The summed E-state index contributed by atoms with van der Waals surface area (Å²) in [7, 11) is 0. The maximum absolute atomic E-state index is 14.4. The number of nitrogens with zero attached hydrogens (tertiary/aromatic N) is 2. The summed E-state index contributed by atoms with van der Waals surface area (Å²) < 4.78 is 34.8. The van der Waals surface area contributed by atoms with Crippen molar-refractivity contribution >= 4 is 38.8 Å². The van der Waals surface area contributed by atoms with Gasteiger partial charge in [0.1, 0.15) is 22.1 Å². The Morgan fingerprint density at radius 1 is 1.29 bits per heavy atom. The van der Waals surface area contributed by atoms with E-state index in [9.17, 15) is 13.6 Å². The molecule has 184 valence electrons. The topological polar surface area (TPSA) is 80.5 Å². The molecule has 0 spiro atoms. The third-order valence-electron chi connectivity index (χ3n) is 7.67. The standard InChI is InChI=1S/C26H28F2N4O2S/c1-14-4-7-19-22(29)23(35-25(19)30-14)24(33)31-17-9-15-5-6-18(10-21(15)34-13-17)32-11-16-3-2-8-26(27,28)20(16)12-32/h4-7,10,16-17,20H,2-3,8-9,11-13,29H2,1H3,(H,31,33)/t16-,17-,20+/m1/s1. The lowest BCUT2D eigenvalue weighted by Crippen LogP contribution is -2.42. The monoisotopic (exact) mass is 498 g/mol. The number of carbonyl (C=O) groups is 1. The predicted octanol–water partition coefficient (Wildman–Crippen LogP) is 4.79. The number of thiophene rings is 1. The van der Waals surface area contributed by atoms with E-state index in [2.05, 4.69) is 15.2 Å². The normalized spacial score (nSPS) is 25.1. The number of fused-ring (bicyclic) bond motifs is 3. The number of hydrogen-bond donors (Lipinski definition) is 2. The Labute approximate surface area is 206 Å². The summed E-state index contributed by atoms with van der Waals surface area (Å²) in [6.07, 6.45) is 2.11. The first kappa shape index (κ1) is 22.5. The van der Waals surface area contributed by atoms with Crippen LogP contribution in [0.25, 0.3) is 10.2 Å². The first-order chi connectivity index (χ1) is 16.8. The van der Waals surface area contributed by atoms with Crippen LogP contribution in [0, 0.1) is 18.8 Å². The molecule has 0 radical (unpaired) electrons. The van der Waals surface area contributed by atoms with Crippen molar-refractivity contribution in [2.24, 2.45) is 11.8 Å². The lowest BCUT2D eigenvalue weighted by Gasteiger charge is -2.32. The Morgan fingerprint density at radius 3 is 2.97 bits per heavy atom. The van der Waals surface area contributed by atoms with Crippen LogP contribution in [0.3, 0.4) is 0 Å². The van der Waals surface area contributed by atoms with Crippen molar-refractivity contribution in [3.05, 3.63) is 46.5 Å². The number of ether oxygens (including phenoxy) is 1. The zero-order chi connectivity index (χ0) is 24.3. The highest BCUT2D eigenvalue weighted by atomic mass is 32.1. The number of aromatic nitrogens is 1. The van der Waals surface area contributed by atoms with E-state index in [1.54, 1.807) is 0 Å². The number of benzene rings is 1. The van der Waals surface area contributed by atoms with Gasteiger partial charge >= 0.3 is 0 Å². The molecule has 3 aromatic rings. The highest BCUT2D eigenvalue weighted by molar-refractivity contribution is 7.21. The molecule has 6 rings (SSSR count). The van der Waals surface area contributed by atoms with E-state index in [1.165, 1.54) is 11.3 Å². The fourth-order valence-corrected chi connectivity index (χ4v) is 6.84. The van der Waals surface area contributed by atoms with Crippen LogP contribution in [0.5, 0.6) is 5.75 Å². The van der Waals surface area contributed by atoms with E-state index in [0.717, 1.165) is 39.3 Å². The Hall–Kier alpha value is -2.94. The number of anilines is 2. The van der Waals surface area contributed by atoms with Gasteiger partial charge in [0.15, 0.2) is 0 Å². The fraction of sp³-hybridized carbons (Fsp3) is 0.462. The Morgan fingerprint density at radius 2 is 2.14 bits per heavy atom. The average Bonchev–Trinajstić information content (AvgIpc) is 3.41. The molecule has 3 N–H and O–H groups in total. The zero-order valence-electron chi connectivity index (χ0n) is 19.5. The van der Waals surface area contributed by atoms with Crippen LogP contribution >= 0.6 is 11.3 Å². The van der Waals surface area contributed by atoms with Crippen molar-refractivity contribution in [3.8, 4) is 5.75 Å². The van der Waals surface area contributed by atoms with Crippen LogP contribution in [0.4, 0.5) is 20.2 Å². The SMILES string of the molecule is Cc1ccc2c(N)c(C(=O)N[C@H]3COc4cc(N5C[C@H]6CCCC(F)(F)[C@H]6C5)ccc4C3)sc2n1. The van der Waals surface area contributed by atoms with Gasteiger partial charge in [-0.3, -0.25) is 4.79 Å². The van der Waals surface area contributed by atoms with Crippen LogP contribution in [-0.2, 0) is 6.42 Å². The molecule has 1 saturated carbocycles. The molecule has 0 unspecified atom stereocenters. The quantitative estimate of drug-likeness (QED) is 0.543. The summed E-state index contributed by atoms with van der Waals surface area (Å²) in [5.74, 6) is -2.54. The summed E-state index contributed by atoms with van der Waals surface area (Å²) in [4.78, 5) is 20.7. The molecule has 3 atom stereocenters. The van der Waals surface area contributed by atoms with Gasteiger partial charge in [-0.05, 0) is 55.9 Å². The van der Waals surface area contributed by atoms with Gasteiger partial charge in [-0.25, -0.2) is 13.8 Å². The molecule has 3 aliphatic rings. The van der Waals surface area contributed by atoms with Crippen molar-refractivity contribution in [2.45, 2.75) is 44.6 Å². The summed E-state index contributed by atoms with van der Waals surface area (Å²) in [6.45, 7) is 3.31. The Kier molecular flexibility index (Phi) is 5.36. The van der Waals surface area contributed by atoms with Crippen molar-refractivity contribution in [2.75, 3.05) is 30.3 Å². The Bertz CT molecular complexity index is 1310. The molecular weight excluding hydrogens is 470 g/mol. The van der Waals surface area contributed by atoms with E-state index >= 15 is 0 Å². The highest BCUT2D eigenvalue weighted by Gasteiger charge is 2.51. The van der Waals surface area contributed by atoms with E-state index in [0.29, 0.717) is 43.1 Å². The summed E-state index contributed by atoms with van der Waals surface area (Å²) >= 11 is 1.30. The number of nitrogen functional groups attached to an aromatic ring is 1. The van der Waals surface area contributed by atoms with Gasteiger partial charge in [0.05, 0.1) is 11.7 Å². The number of alkyl halides is 2. The number of pyridine rings is 1. The van der Waals surface area contributed by atoms with Gasteiger partial charge < -0.3 is 20.7 Å². The van der Waals surface area contributed by atoms with E-state index in [4.69, 9.17) is 10.5 Å². The minimum Gasteiger partial charge on any atom is -0.491 e. The Balaban J connectivity index is 1.14. The molecule has 1 aromatic carbocycles. The summed E-state index contributed by atoms with van der Waals surface area (Å²) in [6, 6.07) is 9.53. The number of nitrogens with one attached hydrogen (secondary N) is 1. The maximum atomic E-state index is 14.4. The van der Waals surface area contributed by atoms with Crippen LogP contribution in [0.2, 0.25) is 0 Å². The van der Waals surface area contributed by atoms with Gasteiger partial charge in [-0.1, -0.05) is 6.07 Å². The smallest absolute Gasteiger partial charge is 0.263 e. The molecule has 2 aromatic heterocycles. The third kappa shape index (κ3) is 3.99. The fourth-order valence-electron chi connectivity index (χ4n) is 5.80. The molecular formula is C26H28F2N4O2S. The number of nitrogens with two attached hydrogens (primary N) is 1. The van der Waals surface area contributed by atoms with Crippen LogP contribution in [0.15, 0.2) is 30.3 Å². The maximum Gasteiger partial charge on any atom is 0.263 e. The molecule has 1 saturated heterocycles. The lowest BCUT2D eigenvalue weighted by atomic mass is 9.79. The highest BCUT2D eigenvalue weighted by Crippen LogP contribution is 2.47. The number of carbonyl (C=O) groups excluding carboxylic acids is 1. The second kappa shape index (κ2) is 8.33. The van der Waals surface area contributed by atoms with Gasteiger partial charge in [-0.15, -0.1) is 11.3 Å². The molecule has 35 heavy (non-hydrogen) atoms. The molecule has 9 heteroatoms. The van der Waals surface area contributed by atoms with Crippen molar-refractivity contribution < 1.29 is 18.3 Å². The average molecular weight is 499 g/mol. The first-order valence-electron chi connectivity index (χ1n) is 12.1.